The zero-order valence-electron chi connectivity index (χ0n) is 13.4. The summed E-state index contributed by atoms with van der Waals surface area (Å²) in [6.07, 6.45) is -3.53. The number of amides is 1. The number of hydrogen-bond acceptors (Lipinski definition) is 3. The summed E-state index contributed by atoms with van der Waals surface area (Å²) >= 11 is 0. The molecule has 1 aromatic heterocycles. The van der Waals surface area contributed by atoms with Crippen molar-refractivity contribution in [3.8, 4) is 0 Å². The van der Waals surface area contributed by atoms with Crippen LogP contribution in [0.25, 0.3) is 0 Å². The molecule has 0 aliphatic rings. The first kappa shape index (κ1) is 17.7. The summed E-state index contributed by atoms with van der Waals surface area (Å²) < 4.78 is 38.6. The second-order valence-electron chi connectivity index (χ2n) is 6.20. The Balaban J connectivity index is 2.10. The molecule has 1 heterocycles. The maximum Gasteiger partial charge on any atom is 0.417 e. The van der Waals surface area contributed by atoms with Gasteiger partial charge in [-0.1, -0.05) is 39.0 Å². The van der Waals surface area contributed by atoms with Crippen molar-refractivity contribution in [1.29, 1.82) is 0 Å². The maximum atomic E-state index is 12.9. The van der Waals surface area contributed by atoms with Gasteiger partial charge in [-0.15, -0.1) is 0 Å². The van der Waals surface area contributed by atoms with Crippen molar-refractivity contribution in [2.45, 2.75) is 32.4 Å². The standard InChI is InChI=1S/C16H17F3N4O/c1-15(2,3)13-8-12(21-22-13)14(24)23-20-9-10-6-4-5-7-11(10)16(17,18)19/h4-9H,1-3H3,(H,21,22)(H,23,24). The Bertz CT molecular complexity index is 757. The van der Waals surface area contributed by atoms with E-state index in [0.717, 1.165) is 18.0 Å². The van der Waals surface area contributed by atoms with Crippen molar-refractivity contribution in [3.63, 3.8) is 0 Å². The number of hydrogen-bond donors (Lipinski definition) is 2. The number of aromatic amines is 1. The van der Waals surface area contributed by atoms with Crippen molar-refractivity contribution in [1.82, 2.24) is 15.6 Å². The third-order valence-corrected chi connectivity index (χ3v) is 3.25. The molecule has 0 aliphatic carbocycles. The largest absolute Gasteiger partial charge is 0.417 e. The summed E-state index contributed by atoms with van der Waals surface area (Å²) in [7, 11) is 0. The van der Waals surface area contributed by atoms with E-state index in [1.165, 1.54) is 18.2 Å². The molecular weight excluding hydrogens is 321 g/mol. The van der Waals surface area contributed by atoms with E-state index in [1.807, 2.05) is 20.8 Å². The van der Waals surface area contributed by atoms with E-state index in [4.69, 9.17) is 0 Å². The van der Waals surface area contributed by atoms with Crippen LogP contribution in [0.2, 0.25) is 0 Å². The molecule has 0 radical (unpaired) electrons. The van der Waals surface area contributed by atoms with Gasteiger partial charge < -0.3 is 0 Å². The predicted octanol–water partition coefficient (Wildman–Crippen LogP) is 3.49. The third-order valence-electron chi connectivity index (χ3n) is 3.25. The molecule has 0 fully saturated rings. The highest BCUT2D eigenvalue weighted by molar-refractivity contribution is 5.93. The molecule has 24 heavy (non-hydrogen) atoms. The molecule has 0 spiro atoms. The van der Waals surface area contributed by atoms with Gasteiger partial charge in [0.05, 0.1) is 11.8 Å². The van der Waals surface area contributed by atoms with Gasteiger partial charge in [-0.25, -0.2) is 5.43 Å². The Morgan fingerprint density at radius 2 is 1.92 bits per heavy atom. The second kappa shape index (κ2) is 6.46. The lowest BCUT2D eigenvalue weighted by molar-refractivity contribution is -0.137. The molecule has 8 heteroatoms. The lowest BCUT2D eigenvalue weighted by Gasteiger charge is -2.14. The van der Waals surface area contributed by atoms with Gasteiger partial charge in [-0.05, 0) is 12.1 Å². The zero-order valence-corrected chi connectivity index (χ0v) is 13.4. The highest BCUT2D eigenvalue weighted by Crippen LogP contribution is 2.31. The van der Waals surface area contributed by atoms with Gasteiger partial charge in [0.15, 0.2) is 5.69 Å². The summed E-state index contributed by atoms with van der Waals surface area (Å²) in [5, 5.41) is 10.2. The summed E-state index contributed by atoms with van der Waals surface area (Å²) in [6.45, 7) is 5.86. The number of H-pyrrole nitrogens is 1. The van der Waals surface area contributed by atoms with Crippen LogP contribution in [-0.4, -0.2) is 22.3 Å². The van der Waals surface area contributed by atoms with Crippen molar-refractivity contribution in [2.24, 2.45) is 5.10 Å². The monoisotopic (exact) mass is 338 g/mol. The molecule has 0 atom stereocenters. The van der Waals surface area contributed by atoms with E-state index in [1.54, 1.807) is 6.07 Å². The zero-order chi connectivity index (χ0) is 18.0. The first-order valence-electron chi connectivity index (χ1n) is 7.14. The van der Waals surface area contributed by atoms with Gasteiger partial charge in [-0.2, -0.15) is 23.4 Å². The van der Waals surface area contributed by atoms with E-state index >= 15 is 0 Å². The number of nitrogens with one attached hydrogen (secondary N) is 2. The molecular formula is C16H17F3N4O. The van der Waals surface area contributed by atoms with Gasteiger partial charge in [0.2, 0.25) is 0 Å². The molecule has 0 saturated carbocycles. The molecule has 128 valence electrons. The van der Waals surface area contributed by atoms with Crippen molar-refractivity contribution in [2.75, 3.05) is 0 Å². The van der Waals surface area contributed by atoms with Crippen LogP contribution in [0.3, 0.4) is 0 Å². The molecule has 2 N–H and O–H groups in total. The summed E-state index contributed by atoms with van der Waals surface area (Å²) in [6, 6.07) is 6.55. The van der Waals surface area contributed by atoms with Gasteiger partial charge in [0.25, 0.3) is 5.91 Å². The smallest absolute Gasteiger partial charge is 0.281 e. The number of hydrazone groups is 1. The molecule has 1 aromatic carbocycles. The second-order valence-corrected chi connectivity index (χ2v) is 6.20. The lowest BCUT2D eigenvalue weighted by Crippen LogP contribution is -2.18. The highest BCUT2D eigenvalue weighted by atomic mass is 19.4. The molecule has 5 nitrogen and oxygen atoms in total. The first-order chi connectivity index (χ1) is 11.1. The van der Waals surface area contributed by atoms with Crippen LogP contribution in [0.15, 0.2) is 35.4 Å². The minimum Gasteiger partial charge on any atom is -0.281 e. The molecule has 1 amide bonds. The number of carbonyl (C=O) groups excluding carboxylic acids is 1. The van der Waals surface area contributed by atoms with E-state index < -0.39 is 17.6 Å². The number of nitrogens with zero attached hydrogens (tertiary/aromatic N) is 2. The van der Waals surface area contributed by atoms with Crippen LogP contribution in [0.4, 0.5) is 13.2 Å². The number of aromatic nitrogens is 2. The van der Waals surface area contributed by atoms with Gasteiger partial charge in [-0.3, -0.25) is 9.89 Å². The Hall–Kier alpha value is -2.64. The lowest BCUT2D eigenvalue weighted by atomic mass is 9.92. The molecule has 2 rings (SSSR count). The van der Waals surface area contributed by atoms with E-state index in [0.29, 0.717) is 0 Å². The Kier molecular flexibility index (Phi) is 4.77. The normalized spacial score (nSPS) is 12.6. The van der Waals surface area contributed by atoms with Crippen LogP contribution in [0, 0.1) is 0 Å². The van der Waals surface area contributed by atoms with Crippen LogP contribution >= 0.6 is 0 Å². The fourth-order valence-electron chi connectivity index (χ4n) is 1.91. The van der Waals surface area contributed by atoms with E-state index in [9.17, 15) is 18.0 Å². The average molecular weight is 338 g/mol. The van der Waals surface area contributed by atoms with Gasteiger partial charge >= 0.3 is 6.18 Å². The molecule has 0 bridgehead atoms. The number of carbonyl (C=O) groups is 1. The van der Waals surface area contributed by atoms with Crippen molar-refractivity contribution < 1.29 is 18.0 Å². The van der Waals surface area contributed by atoms with Gasteiger partial charge in [0.1, 0.15) is 0 Å². The summed E-state index contributed by atoms with van der Waals surface area (Å²) in [5.74, 6) is -0.609. The Morgan fingerprint density at radius 1 is 1.25 bits per heavy atom. The van der Waals surface area contributed by atoms with Crippen LogP contribution in [0.1, 0.15) is 48.1 Å². The van der Waals surface area contributed by atoms with E-state index in [-0.39, 0.29) is 16.7 Å². The molecule has 0 unspecified atom stereocenters. The van der Waals surface area contributed by atoms with Crippen molar-refractivity contribution in [3.05, 3.63) is 52.8 Å². The fraction of sp³-hybridized carbons (Fsp3) is 0.312. The van der Waals surface area contributed by atoms with E-state index in [2.05, 4.69) is 20.7 Å². The Morgan fingerprint density at radius 3 is 2.50 bits per heavy atom. The SMILES string of the molecule is CC(C)(C)c1cc(C(=O)NN=Cc2ccccc2C(F)(F)F)n[nH]1. The number of halogens is 3. The quantitative estimate of drug-likeness (QED) is 0.664. The minimum absolute atomic E-state index is 0.112. The molecule has 2 aromatic rings. The summed E-state index contributed by atoms with van der Waals surface area (Å²) in [5.41, 5.74) is 1.88. The average Bonchev–Trinajstić information content (AvgIpc) is 2.96. The fourth-order valence-corrected chi connectivity index (χ4v) is 1.91. The maximum absolute atomic E-state index is 12.9. The minimum atomic E-state index is -4.49. The third kappa shape index (κ3) is 4.21. The molecule has 0 saturated heterocycles. The van der Waals surface area contributed by atoms with Crippen LogP contribution in [-0.2, 0) is 11.6 Å². The van der Waals surface area contributed by atoms with Crippen LogP contribution < -0.4 is 5.43 Å². The summed E-state index contributed by atoms with van der Waals surface area (Å²) in [4.78, 5) is 11.9. The molecule has 0 aliphatic heterocycles. The van der Waals surface area contributed by atoms with Crippen molar-refractivity contribution >= 4 is 12.1 Å². The highest BCUT2D eigenvalue weighted by Gasteiger charge is 2.32. The first-order valence-corrected chi connectivity index (χ1v) is 7.14. The number of alkyl halides is 3. The predicted molar refractivity (Wildman–Crippen MR) is 83.8 cm³/mol. The topological polar surface area (TPSA) is 70.1 Å². The van der Waals surface area contributed by atoms with Gasteiger partial charge in [0, 0.05) is 16.7 Å². The Labute approximate surface area is 137 Å². The van der Waals surface area contributed by atoms with Crippen LogP contribution in [0.5, 0.6) is 0 Å². The number of rotatable bonds is 3. The number of benzene rings is 1.